The van der Waals surface area contributed by atoms with E-state index in [1.807, 2.05) is 52.8 Å². The first-order valence-electron chi connectivity index (χ1n) is 12.5. The lowest BCUT2D eigenvalue weighted by atomic mass is 9.84. The molecule has 1 unspecified atom stereocenters. The van der Waals surface area contributed by atoms with Crippen molar-refractivity contribution < 1.29 is 9.59 Å². The van der Waals surface area contributed by atoms with Gasteiger partial charge in [-0.2, -0.15) is 0 Å². The van der Waals surface area contributed by atoms with Crippen molar-refractivity contribution in [3.05, 3.63) is 94.5 Å². The lowest BCUT2D eigenvalue weighted by molar-refractivity contribution is -0.127. The highest BCUT2D eigenvalue weighted by Crippen LogP contribution is 2.36. The summed E-state index contributed by atoms with van der Waals surface area (Å²) < 4.78 is 0. The normalized spacial score (nSPS) is 17.4. The van der Waals surface area contributed by atoms with Gasteiger partial charge in [-0.1, -0.05) is 42.5 Å². The van der Waals surface area contributed by atoms with Crippen molar-refractivity contribution in [2.45, 2.75) is 44.2 Å². The number of pyridine rings is 1. The molecule has 3 aromatic rings. The number of hydrogen-bond acceptors (Lipinski definition) is 4. The van der Waals surface area contributed by atoms with Crippen LogP contribution >= 0.6 is 11.3 Å². The van der Waals surface area contributed by atoms with E-state index >= 15 is 0 Å². The third kappa shape index (κ3) is 5.88. The molecule has 1 atom stereocenters. The maximum Gasteiger partial charge on any atom is 0.272 e. The molecule has 5 rings (SSSR count). The van der Waals surface area contributed by atoms with Gasteiger partial charge in [0.2, 0.25) is 5.91 Å². The minimum absolute atomic E-state index is 0.0337. The quantitative estimate of drug-likeness (QED) is 0.406. The molecule has 3 heterocycles. The highest BCUT2D eigenvalue weighted by atomic mass is 32.1. The maximum atomic E-state index is 13.7. The Morgan fingerprint density at radius 1 is 1.00 bits per heavy atom. The number of benzene rings is 1. The zero-order chi connectivity index (χ0) is 24.0. The van der Waals surface area contributed by atoms with Gasteiger partial charge in [0.1, 0.15) is 5.69 Å². The van der Waals surface area contributed by atoms with Gasteiger partial charge in [-0.05, 0) is 73.2 Å². The summed E-state index contributed by atoms with van der Waals surface area (Å²) >= 11 is 1.63. The van der Waals surface area contributed by atoms with Gasteiger partial charge in [-0.15, -0.1) is 11.3 Å². The molecule has 0 bridgehead atoms. The second-order valence-corrected chi connectivity index (χ2v) is 10.4. The van der Waals surface area contributed by atoms with E-state index in [9.17, 15) is 9.59 Å². The van der Waals surface area contributed by atoms with Crippen LogP contribution in [0.1, 0.15) is 46.6 Å². The highest BCUT2D eigenvalue weighted by Gasteiger charge is 2.42. The average molecular weight is 486 g/mol. The van der Waals surface area contributed by atoms with Crippen LogP contribution < -0.4 is 0 Å². The zero-order valence-electron chi connectivity index (χ0n) is 19.8. The SMILES string of the molecule is O=C(C=Cc1cccs1)N1CCC(C(Cc2ccccc2)N(C(=O)c2ccccn2)C2CC2)CC1. The number of rotatable bonds is 8. The Kier molecular flexibility index (Phi) is 7.38. The van der Waals surface area contributed by atoms with Crippen molar-refractivity contribution in [2.75, 3.05) is 13.1 Å². The summed E-state index contributed by atoms with van der Waals surface area (Å²) in [6.07, 6.45) is 10.0. The molecule has 1 aliphatic heterocycles. The monoisotopic (exact) mass is 485 g/mol. The number of nitrogens with zero attached hydrogens (tertiary/aromatic N) is 3. The fourth-order valence-corrected chi connectivity index (χ4v) is 5.68. The van der Waals surface area contributed by atoms with E-state index in [1.54, 1.807) is 23.6 Å². The van der Waals surface area contributed by atoms with Gasteiger partial charge in [0.15, 0.2) is 0 Å². The fourth-order valence-electron chi connectivity index (χ4n) is 5.06. The molecule has 35 heavy (non-hydrogen) atoms. The average Bonchev–Trinajstić information content (AvgIpc) is 3.61. The Bertz CT molecular complexity index is 1140. The molecule has 2 aromatic heterocycles. The number of carbonyl (C=O) groups is 2. The Morgan fingerprint density at radius 2 is 1.77 bits per heavy atom. The molecule has 1 saturated heterocycles. The van der Waals surface area contributed by atoms with E-state index in [0.717, 1.165) is 50.1 Å². The molecule has 0 radical (unpaired) electrons. The van der Waals surface area contributed by atoms with Gasteiger partial charge >= 0.3 is 0 Å². The number of carbonyl (C=O) groups excluding carboxylic acids is 2. The first kappa shape index (κ1) is 23.5. The molecule has 2 aliphatic rings. The van der Waals surface area contributed by atoms with Crippen molar-refractivity contribution in [3.8, 4) is 0 Å². The number of piperidine rings is 1. The highest BCUT2D eigenvalue weighted by molar-refractivity contribution is 7.10. The van der Waals surface area contributed by atoms with E-state index in [1.165, 1.54) is 5.56 Å². The smallest absolute Gasteiger partial charge is 0.272 e. The second-order valence-electron chi connectivity index (χ2n) is 9.43. The summed E-state index contributed by atoms with van der Waals surface area (Å²) in [4.78, 5) is 36.0. The van der Waals surface area contributed by atoms with Crippen molar-refractivity contribution in [1.29, 1.82) is 0 Å². The molecule has 6 heteroatoms. The van der Waals surface area contributed by atoms with Crippen LogP contribution in [0.25, 0.3) is 6.08 Å². The molecule has 1 saturated carbocycles. The predicted octanol–water partition coefficient (Wildman–Crippen LogP) is 5.31. The van der Waals surface area contributed by atoms with Crippen LogP contribution in [0.3, 0.4) is 0 Å². The molecule has 2 amide bonds. The molecular weight excluding hydrogens is 454 g/mol. The van der Waals surface area contributed by atoms with Gasteiger partial charge in [0.05, 0.1) is 0 Å². The lowest BCUT2D eigenvalue weighted by Gasteiger charge is -2.41. The summed E-state index contributed by atoms with van der Waals surface area (Å²) in [5.41, 5.74) is 1.76. The van der Waals surface area contributed by atoms with Crippen LogP contribution in [-0.2, 0) is 11.2 Å². The van der Waals surface area contributed by atoms with Gasteiger partial charge in [0.25, 0.3) is 5.91 Å². The van der Waals surface area contributed by atoms with Gasteiger partial charge in [-0.25, -0.2) is 0 Å². The van der Waals surface area contributed by atoms with Crippen LogP contribution in [0.5, 0.6) is 0 Å². The first-order chi connectivity index (χ1) is 17.2. The first-order valence-corrected chi connectivity index (χ1v) is 13.3. The Morgan fingerprint density at radius 3 is 2.43 bits per heavy atom. The zero-order valence-corrected chi connectivity index (χ0v) is 20.6. The van der Waals surface area contributed by atoms with Gasteiger partial charge in [0, 0.05) is 42.3 Å². The van der Waals surface area contributed by atoms with E-state index in [2.05, 4.69) is 34.1 Å². The van der Waals surface area contributed by atoms with Crippen molar-refractivity contribution in [2.24, 2.45) is 5.92 Å². The molecule has 180 valence electrons. The minimum atomic E-state index is 0.0337. The molecule has 2 fully saturated rings. The molecule has 5 nitrogen and oxygen atoms in total. The number of hydrogen-bond donors (Lipinski definition) is 0. The summed E-state index contributed by atoms with van der Waals surface area (Å²) in [5.74, 6) is 0.445. The lowest BCUT2D eigenvalue weighted by Crippen LogP contribution is -2.51. The maximum absolute atomic E-state index is 13.7. The Labute approximate surface area is 211 Å². The summed E-state index contributed by atoms with van der Waals surface area (Å²) in [5, 5.41) is 2.01. The largest absolute Gasteiger partial charge is 0.339 e. The number of amides is 2. The van der Waals surface area contributed by atoms with Crippen molar-refractivity contribution in [3.63, 3.8) is 0 Å². The third-order valence-electron chi connectivity index (χ3n) is 7.03. The summed E-state index contributed by atoms with van der Waals surface area (Å²) in [6.45, 7) is 1.44. The predicted molar refractivity (Wildman–Crippen MR) is 140 cm³/mol. The van der Waals surface area contributed by atoms with Crippen LogP contribution in [0.2, 0.25) is 0 Å². The fraction of sp³-hybridized carbons (Fsp3) is 0.345. The van der Waals surface area contributed by atoms with Crippen LogP contribution in [-0.4, -0.2) is 51.8 Å². The third-order valence-corrected chi connectivity index (χ3v) is 7.87. The van der Waals surface area contributed by atoms with Crippen LogP contribution in [0.4, 0.5) is 0 Å². The molecule has 1 aliphatic carbocycles. The van der Waals surface area contributed by atoms with Crippen molar-refractivity contribution >= 4 is 29.2 Å². The van der Waals surface area contributed by atoms with Crippen LogP contribution in [0, 0.1) is 5.92 Å². The Balaban J connectivity index is 1.33. The molecule has 1 aromatic carbocycles. The van der Waals surface area contributed by atoms with E-state index < -0.39 is 0 Å². The Hall–Kier alpha value is -3.25. The minimum Gasteiger partial charge on any atom is -0.339 e. The van der Waals surface area contributed by atoms with Gasteiger partial charge in [-0.3, -0.25) is 14.6 Å². The number of likely N-dealkylation sites (tertiary alicyclic amines) is 1. The van der Waals surface area contributed by atoms with Crippen molar-refractivity contribution in [1.82, 2.24) is 14.8 Å². The topological polar surface area (TPSA) is 53.5 Å². The van der Waals surface area contributed by atoms with E-state index in [4.69, 9.17) is 0 Å². The molecule has 0 N–H and O–H groups in total. The van der Waals surface area contributed by atoms with Gasteiger partial charge < -0.3 is 9.80 Å². The second kappa shape index (κ2) is 11.0. The number of aromatic nitrogens is 1. The standard InChI is InChI=1S/C29H31N3O2S/c33-28(14-13-25-9-6-20-35-25)31-18-15-23(16-19-31)27(21-22-7-2-1-3-8-22)32(24-11-12-24)29(34)26-10-4-5-17-30-26/h1-10,13-14,17,20,23-24,27H,11-12,15-16,18-19,21H2. The van der Waals surface area contributed by atoms with E-state index in [-0.39, 0.29) is 23.9 Å². The van der Waals surface area contributed by atoms with E-state index in [0.29, 0.717) is 11.6 Å². The molecule has 0 spiro atoms. The summed E-state index contributed by atoms with van der Waals surface area (Å²) in [6, 6.07) is 20.4. The van der Waals surface area contributed by atoms with Crippen LogP contribution in [0.15, 0.2) is 78.3 Å². The summed E-state index contributed by atoms with van der Waals surface area (Å²) in [7, 11) is 0. The number of thiophene rings is 1. The molecular formula is C29H31N3O2S.